The van der Waals surface area contributed by atoms with Gasteiger partial charge in [-0.3, -0.25) is 4.79 Å². The second-order valence-corrected chi connectivity index (χ2v) is 3.91. The van der Waals surface area contributed by atoms with Gasteiger partial charge in [-0.05, 0) is 19.7 Å². The minimum atomic E-state index is -0.695. The molecule has 0 aromatic heterocycles. The lowest BCUT2D eigenvalue weighted by molar-refractivity contribution is -0.137. The maximum absolute atomic E-state index is 10.2. The number of carboxylic acid groups (broad SMARTS) is 1. The van der Waals surface area contributed by atoms with Gasteiger partial charge in [0.2, 0.25) is 0 Å². The molecular weight excluding hydrogens is 180 g/mol. The Hall–Kier alpha value is -0.570. The van der Waals surface area contributed by atoms with Crippen molar-refractivity contribution in [2.75, 3.05) is 0 Å². The highest BCUT2D eigenvalue weighted by Crippen LogP contribution is 2.26. The van der Waals surface area contributed by atoms with Crippen molar-refractivity contribution in [2.45, 2.75) is 64.1 Å². The summed E-state index contributed by atoms with van der Waals surface area (Å²) in [5.41, 5.74) is 0. The number of unbranched alkanes of at least 4 members (excludes halogenated alkanes) is 4. The van der Waals surface area contributed by atoms with Crippen LogP contribution in [0.25, 0.3) is 0 Å². The lowest BCUT2D eigenvalue weighted by Gasteiger charge is -1.98. The van der Waals surface area contributed by atoms with E-state index in [2.05, 4.69) is 0 Å². The second-order valence-electron chi connectivity index (χ2n) is 3.91. The van der Waals surface area contributed by atoms with E-state index in [4.69, 9.17) is 11.2 Å². The Labute approximate surface area is 86.9 Å². The monoisotopic (exact) mass is 201 g/mol. The fourth-order valence-corrected chi connectivity index (χ4v) is 1.59. The largest absolute Gasteiger partial charge is 0.481 e. The van der Waals surface area contributed by atoms with Crippen molar-refractivity contribution in [1.29, 1.82) is 0 Å². The van der Waals surface area contributed by atoms with Crippen LogP contribution in [0.2, 0.25) is 0 Å². The highest BCUT2D eigenvalue weighted by Gasteiger charge is 2.32. The molecule has 0 amide bonds. The number of epoxide rings is 1. The fraction of sp³-hybridized carbons (Fsp3) is 0.909. The average Bonchev–Trinajstić information content (AvgIpc) is 2.94. The molecule has 0 aromatic rings. The summed E-state index contributed by atoms with van der Waals surface area (Å²) in [4.78, 5) is 10.2. The number of carboxylic acids is 1. The van der Waals surface area contributed by atoms with E-state index in [1.165, 1.54) is 0 Å². The average molecular weight is 201 g/mol. The molecule has 0 radical (unpaired) electrons. The zero-order valence-corrected chi connectivity index (χ0v) is 8.58. The van der Waals surface area contributed by atoms with E-state index in [0.29, 0.717) is 19.4 Å². The molecular formula is C11H20O3. The highest BCUT2D eigenvalue weighted by atomic mass is 16.6. The molecule has 0 aromatic carbocycles. The Morgan fingerprint density at radius 3 is 2.71 bits per heavy atom. The Morgan fingerprint density at radius 2 is 2.07 bits per heavy atom. The Morgan fingerprint density at radius 1 is 1.36 bits per heavy atom. The van der Waals surface area contributed by atoms with Crippen molar-refractivity contribution < 1.29 is 16.0 Å². The van der Waals surface area contributed by atoms with Crippen molar-refractivity contribution in [3.63, 3.8) is 0 Å². The van der Waals surface area contributed by atoms with Crippen LogP contribution in [0.1, 0.15) is 53.2 Å². The van der Waals surface area contributed by atoms with Gasteiger partial charge in [-0.25, -0.2) is 0 Å². The number of hydrogen-bond donors (Lipinski definition) is 1. The third-order valence-electron chi connectivity index (χ3n) is 2.57. The number of carbonyl (C=O) groups is 1. The topological polar surface area (TPSA) is 49.8 Å². The number of ether oxygens (including phenoxy) is 1. The highest BCUT2D eigenvalue weighted by molar-refractivity contribution is 5.66. The summed E-state index contributed by atoms with van der Waals surface area (Å²) < 4.78 is 12.3. The van der Waals surface area contributed by atoms with Crippen LogP contribution in [-0.4, -0.2) is 23.3 Å². The van der Waals surface area contributed by atoms with E-state index in [0.717, 1.165) is 38.5 Å². The molecule has 2 unspecified atom stereocenters. The van der Waals surface area contributed by atoms with E-state index in [1.807, 2.05) is 0 Å². The van der Waals surface area contributed by atoms with Gasteiger partial charge in [-0.15, -0.1) is 0 Å². The van der Waals surface area contributed by atoms with Crippen LogP contribution in [-0.2, 0) is 9.53 Å². The minimum Gasteiger partial charge on any atom is -0.481 e. The minimum absolute atomic E-state index is 0.206. The Bertz CT molecular complexity index is 196. The summed E-state index contributed by atoms with van der Waals surface area (Å²) in [5, 5.41) is 8.42. The molecule has 14 heavy (non-hydrogen) atoms. The molecule has 3 nitrogen and oxygen atoms in total. The van der Waals surface area contributed by atoms with Gasteiger partial charge in [-0.2, -0.15) is 0 Å². The molecule has 1 aliphatic heterocycles. The van der Waals surface area contributed by atoms with Gasteiger partial charge in [0.15, 0.2) is 0 Å². The van der Waals surface area contributed by atoms with Crippen LogP contribution in [0.15, 0.2) is 0 Å². The molecule has 82 valence electrons. The lowest BCUT2D eigenvalue weighted by Crippen LogP contribution is -1.94. The predicted octanol–water partition coefficient (Wildman–Crippen LogP) is 2.59. The second kappa shape index (κ2) is 6.02. The molecule has 1 aliphatic rings. The first kappa shape index (κ1) is 9.97. The van der Waals surface area contributed by atoms with Crippen molar-refractivity contribution in [3.05, 3.63) is 0 Å². The maximum Gasteiger partial charge on any atom is 0.303 e. The zero-order chi connectivity index (χ0) is 11.1. The van der Waals surface area contributed by atoms with Crippen LogP contribution in [0.4, 0.5) is 0 Å². The van der Waals surface area contributed by atoms with E-state index in [1.54, 1.807) is 0 Å². The Balaban J connectivity index is 1.76. The van der Waals surface area contributed by atoms with Crippen LogP contribution in [0.3, 0.4) is 0 Å². The molecule has 0 bridgehead atoms. The smallest absolute Gasteiger partial charge is 0.303 e. The van der Waals surface area contributed by atoms with Crippen molar-refractivity contribution >= 4 is 5.97 Å². The predicted molar refractivity (Wildman–Crippen MR) is 54.3 cm³/mol. The van der Waals surface area contributed by atoms with Gasteiger partial charge >= 0.3 is 5.97 Å². The summed E-state index contributed by atoms with van der Waals surface area (Å²) in [6.45, 7) is 0.392. The van der Waals surface area contributed by atoms with Gasteiger partial charge in [0, 0.05) is 7.79 Å². The van der Waals surface area contributed by atoms with Crippen LogP contribution < -0.4 is 0 Å². The molecule has 3 heteroatoms. The van der Waals surface area contributed by atoms with Crippen LogP contribution in [0.5, 0.6) is 0 Å². The van der Waals surface area contributed by atoms with E-state index in [9.17, 15) is 4.79 Å². The van der Waals surface area contributed by atoms with Gasteiger partial charge in [0.1, 0.15) is 0 Å². The summed E-state index contributed by atoms with van der Waals surface area (Å²) >= 11 is 0. The Kier molecular flexibility index (Phi) is 4.28. The molecule has 1 rings (SSSR count). The molecule has 0 spiro atoms. The zero-order valence-electron chi connectivity index (χ0n) is 9.58. The first-order valence-electron chi connectivity index (χ1n) is 6.11. The number of hydrogen-bond acceptors (Lipinski definition) is 2. The van der Waals surface area contributed by atoms with Crippen LogP contribution in [0, 0.1) is 0 Å². The fourth-order valence-electron chi connectivity index (χ4n) is 1.59. The van der Waals surface area contributed by atoms with Gasteiger partial charge in [-0.1, -0.05) is 25.7 Å². The normalized spacial score (nSPS) is 25.9. The quantitative estimate of drug-likeness (QED) is 0.485. The van der Waals surface area contributed by atoms with E-state index >= 15 is 0 Å². The molecule has 0 aliphatic carbocycles. The van der Waals surface area contributed by atoms with Crippen molar-refractivity contribution in [1.82, 2.24) is 0 Å². The van der Waals surface area contributed by atoms with Crippen molar-refractivity contribution in [2.24, 2.45) is 0 Å². The standard InChI is InChI=1S/C11H20O3/c1-9-10(14-9)7-5-3-2-4-6-8-11(12)13/h9-10H,2-8H2,1H3,(H,12,13)/i1D. The molecule has 1 fully saturated rings. The van der Waals surface area contributed by atoms with E-state index < -0.39 is 5.97 Å². The van der Waals surface area contributed by atoms with Gasteiger partial charge in [0.25, 0.3) is 0 Å². The van der Waals surface area contributed by atoms with Gasteiger partial charge in [0.05, 0.1) is 12.2 Å². The lowest BCUT2D eigenvalue weighted by atomic mass is 10.1. The summed E-state index contributed by atoms with van der Waals surface area (Å²) in [6.07, 6.45) is 7.15. The summed E-state index contributed by atoms with van der Waals surface area (Å²) in [7, 11) is 0. The molecule has 0 saturated carbocycles. The summed E-state index contributed by atoms with van der Waals surface area (Å²) in [5.74, 6) is -0.695. The molecule has 1 N–H and O–H groups in total. The summed E-state index contributed by atoms with van der Waals surface area (Å²) in [6, 6.07) is 0. The molecule has 1 saturated heterocycles. The maximum atomic E-state index is 10.2. The van der Waals surface area contributed by atoms with E-state index in [-0.39, 0.29) is 6.10 Å². The SMILES string of the molecule is [2H]CC1OC1CCCCCCCC(=O)O. The van der Waals surface area contributed by atoms with Gasteiger partial charge < -0.3 is 9.84 Å². The molecule has 2 atom stereocenters. The number of aliphatic carboxylic acids is 1. The first-order valence-corrected chi connectivity index (χ1v) is 5.40. The third kappa shape index (κ3) is 5.22. The first-order chi connectivity index (χ1) is 7.24. The van der Waals surface area contributed by atoms with Crippen LogP contribution >= 0.6 is 0 Å². The molecule has 1 heterocycles. The number of rotatable bonds is 8. The third-order valence-corrected chi connectivity index (χ3v) is 2.57. The van der Waals surface area contributed by atoms with Crippen molar-refractivity contribution in [3.8, 4) is 0 Å².